The van der Waals surface area contributed by atoms with Crippen LogP contribution in [0.1, 0.15) is 27.7 Å². The maximum Gasteiger partial charge on any atom is 0.233 e. The van der Waals surface area contributed by atoms with Crippen molar-refractivity contribution in [1.29, 1.82) is 0 Å². The van der Waals surface area contributed by atoms with Crippen LogP contribution in [0, 0.1) is 0 Å². The first-order valence-electron chi connectivity index (χ1n) is 6.69. The summed E-state index contributed by atoms with van der Waals surface area (Å²) in [6, 6.07) is 9.60. The summed E-state index contributed by atoms with van der Waals surface area (Å²) in [6.45, 7) is 7.71. The van der Waals surface area contributed by atoms with E-state index in [1.165, 1.54) is 11.8 Å². The van der Waals surface area contributed by atoms with Crippen molar-refractivity contribution in [2.24, 2.45) is 0 Å². The Kier molecular flexibility index (Phi) is 4.62. The number of nitrogens with zero attached hydrogens (tertiary/aromatic N) is 4. The number of hydrogen-bond acceptors (Lipinski definition) is 5. The summed E-state index contributed by atoms with van der Waals surface area (Å²) in [5.74, 6) is -0.0323. The number of tetrazole rings is 1. The van der Waals surface area contributed by atoms with Crippen LogP contribution in [0.15, 0.2) is 35.5 Å². The van der Waals surface area contributed by atoms with E-state index in [2.05, 4.69) is 20.8 Å². The number of carbonyl (C=O) groups excluding carboxylic acids is 1. The van der Waals surface area contributed by atoms with Crippen molar-refractivity contribution < 1.29 is 4.79 Å². The van der Waals surface area contributed by atoms with Gasteiger partial charge in [-0.2, -0.15) is 4.68 Å². The van der Waals surface area contributed by atoms with Crippen LogP contribution in [0.2, 0.25) is 0 Å². The molecular weight excluding hydrogens is 286 g/mol. The molecule has 0 aliphatic carbocycles. The molecule has 0 aliphatic heterocycles. The minimum Gasteiger partial charge on any atom is -0.351 e. The van der Waals surface area contributed by atoms with Crippen molar-refractivity contribution in [3.8, 4) is 5.69 Å². The van der Waals surface area contributed by atoms with Crippen LogP contribution in [0.25, 0.3) is 5.69 Å². The second-order valence-electron chi connectivity index (χ2n) is 5.71. The van der Waals surface area contributed by atoms with E-state index in [0.29, 0.717) is 5.16 Å². The first-order chi connectivity index (χ1) is 9.87. The summed E-state index contributed by atoms with van der Waals surface area (Å²) in [5, 5.41) is 14.9. The first kappa shape index (κ1) is 15.5. The fourth-order valence-electron chi connectivity index (χ4n) is 1.67. The number of aromatic nitrogens is 4. The zero-order valence-electron chi connectivity index (χ0n) is 12.6. The van der Waals surface area contributed by atoms with Gasteiger partial charge in [0, 0.05) is 5.54 Å². The minimum atomic E-state index is -0.280. The summed E-state index contributed by atoms with van der Waals surface area (Å²) in [7, 11) is 0. The van der Waals surface area contributed by atoms with Crippen LogP contribution in [0.4, 0.5) is 0 Å². The van der Waals surface area contributed by atoms with Crippen molar-refractivity contribution in [2.45, 2.75) is 43.6 Å². The molecular formula is C14H19N5OS. The van der Waals surface area contributed by atoms with E-state index in [1.807, 2.05) is 58.0 Å². The molecule has 0 radical (unpaired) electrons. The Bertz CT molecular complexity index is 605. The quantitative estimate of drug-likeness (QED) is 0.875. The lowest BCUT2D eigenvalue weighted by atomic mass is 10.1. The standard InChI is InChI=1S/C14H19N5OS/c1-10(12(20)15-14(2,3)4)21-13-16-17-18-19(13)11-8-6-5-7-9-11/h5-10H,1-4H3,(H,15,20). The Balaban J connectivity index is 2.11. The molecule has 1 amide bonds. The van der Waals surface area contributed by atoms with E-state index in [1.54, 1.807) is 4.68 Å². The van der Waals surface area contributed by atoms with Crippen molar-refractivity contribution in [3.05, 3.63) is 30.3 Å². The molecule has 1 N–H and O–H groups in total. The van der Waals surface area contributed by atoms with Gasteiger partial charge in [-0.05, 0) is 50.3 Å². The monoisotopic (exact) mass is 305 g/mol. The molecule has 0 aliphatic rings. The van der Waals surface area contributed by atoms with E-state index in [0.717, 1.165) is 5.69 Å². The van der Waals surface area contributed by atoms with Gasteiger partial charge in [-0.3, -0.25) is 4.79 Å². The average Bonchev–Trinajstić information content (AvgIpc) is 2.86. The molecule has 21 heavy (non-hydrogen) atoms. The summed E-state index contributed by atoms with van der Waals surface area (Å²) in [6.07, 6.45) is 0. The summed E-state index contributed by atoms with van der Waals surface area (Å²) in [5.41, 5.74) is 0.616. The second-order valence-corrected chi connectivity index (χ2v) is 7.02. The average molecular weight is 305 g/mol. The summed E-state index contributed by atoms with van der Waals surface area (Å²) in [4.78, 5) is 12.1. The van der Waals surface area contributed by atoms with Gasteiger partial charge in [-0.15, -0.1) is 5.10 Å². The molecule has 1 atom stereocenters. The zero-order chi connectivity index (χ0) is 15.5. The molecule has 0 fully saturated rings. The summed E-state index contributed by atoms with van der Waals surface area (Å²) >= 11 is 1.34. The highest BCUT2D eigenvalue weighted by atomic mass is 32.2. The van der Waals surface area contributed by atoms with E-state index in [-0.39, 0.29) is 16.7 Å². The molecule has 0 saturated heterocycles. The predicted molar refractivity (Wildman–Crippen MR) is 82.4 cm³/mol. The third-order valence-corrected chi connectivity index (χ3v) is 3.62. The van der Waals surface area contributed by atoms with Crippen molar-refractivity contribution >= 4 is 17.7 Å². The molecule has 0 bridgehead atoms. The largest absolute Gasteiger partial charge is 0.351 e. The number of amides is 1. The van der Waals surface area contributed by atoms with Crippen LogP contribution in [0.5, 0.6) is 0 Å². The molecule has 1 aromatic carbocycles. The Morgan fingerprint density at radius 3 is 2.57 bits per heavy atom. The molecule has 7 heteroatoms. The molecule has 1 heterocycles. The molecule has 1 aromatic heterocycles. The molecule has 2 aromatic rings. The fourth-order valence-corrected chi connectivity index (χ4v) is 2.47. The van der Waals surface area contributed by atoms with E-state index >= 15 is 0 Å². The van der Waals surface area contributed by atoms with Gasteiger partial charge in [0.1, 0.15) is 0 Å². The normalized spacial score (nSPS) is 13.0. The smallest absolute Gasteiger partial charge is 0.233 e. The Hall–Kier alpha value is -1.89. The Morgan fingerprint density at radius 2 is 1.95 bits per heavy atom. The van der Waals surface area contributed by atoms with Gasteiger partial charge in [0.25, 0.3) is 0 Å². The van der Waals surface area contributed by atoms with Gasteiger partial charge < -0.3 is 5.32 Å². The van der Waals surface area contributed by atoms with Gasteiger partial charge in [-0.25, -0.2) is 0 Å². The Morgan fingerprint density at radius 1 is 1.29 bits per heavy atom. The number of hydrogen-bond donors (Lipinski definition) is 1. The highest BCUT2D eigenvalue weighted by Gasteiger charge is 2.22. The van der Waals surface area contributed by atoms with E-state index in [4.69, 9.17) is 0 Å². The van der Waals surface area contributed by atoms with Gasteiger partial charge in [-0.1, -0.05) is 30.0 Å². The van der Waals surface area contributed by atoms with Crippen LogP contribution in [-0.4, -0.2) is 36.9 Å². The SMILES string of the molecule is CC(Sc1nnnn1-c1ccccc1)C(=O)NC(C)(C)C. The Labute approximate surface area is 128 Å². The molecule has 112 valence electrons. The lowest BCUT2D eigenvalue weighted by Crippen LogP contribution is -2.44. The lowest BCUT2D eigenvalue weighted by Gasteiger charge is -2.22. The van der Waals surface area contributed by atoms with Gasteiger partial charge in [0.2, 0.25) is 11.1 Å². The molecule has 2 rings (SSSR count). The van der Waals surface area contributed by atoms with Gasteiger partial charge in [0.15, 0.2) is 0 Å². The number of rotatable bonds is 4. The highest BCUT2D eigenvalue weighted by Crippen LogP contribution is 2.23. The molecule has 0 saturated carbocycles. The van der Waals surface area contributed by atoms with Crippen LogP contribution >= 0.6 is 11.8 Å². The predicted octanol–water partition coefficient (Wildman–Crippen LogP) is 2.06. The van der Waals surface area contributed by atoms with Crippen LogP contribution < -0.4 is 5.32 Å². The van der Waals surface area contributed by atoms with Gasteiger partial charge >= 0.3 is 0 Å². The highest BCUT2D eigenvalue weighted by molar-refractivity contribution is 8.00. The second kappa shape index (κ2) is 6.26. The number of benzene rings is 1. The van der Waals surface area contributed by atoms with Crippen molar-refractivity contribution in [2.75, 3.05) is 0 Å². The van der Waals surface area contributed by atoms with Crippen molar-refractivity contribution in [3.63, 3.8) is 0 Å². The molecule has 1 unspecified atom stereocenters. The third-order valence-electron chi connectivity index (χ3n) is 2.59. The lowest BCUT2D eigenvalue weighted by molar-refractivity contribution is -0.121. The number of thioether (sulfide) groups is 1. The van der Waals surface area contributed by atoms with E-state index < -0.39 is 0 Å². The van der Waals surface area contributed by atoms with Crippen molar-refractivity contribution in [1.82, 2.24) is 25.5 Å². The maximum atomic E-state index is 12.1. The number of nitrogens with one attached hydrogen (secondary N) is 1. The maximum absolute atomic E-state index is 12.1. The summed E-state index contributed by atoms with van der Waals surface area (Å²) < 4.78 is 1.63. The third kappa shape index (κ3) is 4.29. The fraction of sp³-hybridized carbons (Fsp3) is 0.429. The number of para-hydroxylation sites is 1. The first-order valence-corrected chi connectivity index (χ1v) is 7.57. The van der Waals surface area contributed by atoms with Gasteiger partial charge in [0.05, 0.1) is 10.9 Å². The molecule has 6 nitrogen and oxygen atoms in total. The topological polar surface area (TPSA) is 72.7 Å². The van der Waals surface area contributed by atoms with E-state index in [9.17, 15) is 4.79 Å². The van der Waals surface area contributed by atoms with Crippen LogP contribution in [-0.2, 0) is 4.79 Å². The molecule has 0 spiro atoms. The minimum absolute atomic E-state index is 0.0323. The zero-order valence-corrected chi connectivity index (χ0v) is 13.4. The van der Waals surface area contributed by atoms with Crippen LogP contribution in [0.3, 0.4) is 0 Å². The number of carbonyl (C=O) groups is 1.